The maximum Gasteiger partial charge on any atom is 0.161 e. The van der Waals surface area contributed by atoms with E-state index in [1.54, 1.807) is 6.07 Å². The van der Waals surface area contributed by atoms with Crippen LogP contribution in [0.25, 0.3) is 12.2 Å². The van der Waals surface area contributed by atoms with E-state index in [-0.39, 0.29) is 67.1 Å². The minimum atomic E-state index is -1.02. The van der Waals surface area contributed by atoms with Crippen molar-refractivity contribution in [2.45, 2.75) is 95.5 Å². The van der Waals surface area contributed by atoms with Crippen molar-refractivity contribution in [3.05, 3.63) is 140 Å². The van der Waals surface area contributed by atoms with Crippen LogP contribution in [0.15, 0.2) is 84.7 Å². The van der Waals surface area contributed by atoms with Gasteiger partial charge in [-0.25, -0.2) is 0 Å². The summed E-state index contributed by atoms with van der Waals surface area (Å²) in [6.45, 7) is 0.0602. The number of hydrogen-bond donors (Lipinski definition) is 7. The molecule has 5 aromatic rings. The van der Waals surface area contributed by atoms with E-state index in [2.05, 4.69) is 63.8 Å². The third-order valence-electron chi connectivity index (χ3n) is 14.0. The van der Waals surface area contributed by atoms with Crippen LogP contribution in [-0.4, -0.2) is 67.8 Å². The average Bonchev–Trinajstić information content (AvgIpc) is 4.05. The van der Waals surface area contributed by atoms with Gasteiger partial charge in [0.15, 0.2) is 17.3 Å². The molecule has 9 rings (SSSR count). The van der Waals surface area contributed by atoms with Gasteiger partial charge in [0.25, 0.3) is 0 Å². The van der Waals surface area contributed by atoms with Crippen molar-refractivity contribution in [3.8, 4) is 17.2 Å². The number of nitrogens with one attached hydrogen (secondary N) is 3. The van der Waals surface area contributed by atoms with E-state index < -0.39 is 11.8 Å². The first-order chi connectivity index (χ1) is 30.8. The highest BCUT2D eigenvalue weighted by atomic mass is 16.5. The van der Waals surface area contributed by atoms with E-state index in [9.17, 15) is 25.2 Å². The molecule has 1 fully saturated rings. The minimum Gasteiger partial charge on any atom is -0.507 e. The lowest BCUT2D eigenvalue weighted by Crippen LogP contribution is -2.38. The van der Waals surface area contributed by atoms with Gasteiger partial charge in [0.1, 0.15) is 17.4 Å². The molecule has 4 unspecified atom stereocenters. The van der Waals surface area contributed by atoms with Crippen molar-refractivity contribution in [2.24, 2.45) is 17.8 Å². The predicted octanol–water partition coefficient (Wildman–Crippen LogP) is 8.75. The number of aliphatic hydroxyl groups excluding tert-OH is 2. The van der Waals surface area contributed by atoms with Gasteiger partial charge in [-0.3, -0.25) is 9.59 Å². The van der Waals surface area contributed by atoms with Crippen molar-refractivity contribution < 1.29 is 34.8 Å². The number of H-pyrrole nitrogens is 2. The molecule has 1 saturated carbocycles. The topological polar surface area (TPSA) is 168 Å². The molecule has 4 bridgehead atoms. The van der Waals surface area contributed by atoms with Gasteiger partial charge in [-0.15, -0.1) is 0 Å². The molecule has 328 valence electrons. The maximum absolute atomic E-state index is 15.4. The first-order valence-corrected chi connectivity index (χ1v) is 22.9. The van der Waals surface area contributed by atoms with Crippen LogP contribution < -0.4 is 10.1 Å². The second kappa shape index (κ2) is 18.9. The number of fused-ring (bicyclic) bond motifs is 8. The summed E-state index contributed by atoms with van der Waals surface area (Å²) in [5.41, 5.74) is 10.5. The summed E-state index contributed by atoms with van der Waals surface area (Å²) in [7, 11) is 0. The van der Waals surface area contributed by atoms with E-state index in [1.165, 1.54) is 0 Å². The second-order valence-corrected chi connectivity index (χ2v) is 18.1. The van der Waals surface area contributed by atoms with Crippen LogP contribution >= 0.6 is 0 Å². The predicted molar refractivity (Wildman–Crippen MR) is 245 cm³/mol. The molecule has 0 amide bonds. The second-order valence-electron chi connectivity index (χ2n) is 18.1. The molecule has 1 aliphatic heterocycles. The number of carbonyl (C=O) groups is 2. The van der Waals surface area contributed by atoms with Gasteiger partial charge < -0.3 is 40.4 Å². The Bertz CT molecular complexity index is 2520. The number of rotatable bonds is 8. The molecule has 10 heteroatoms. The summed E-state index contributed by atoms with van der Waals surface area (Å²) >= 11 is 0. The number of phenolic OH excluding ortho intramolecular Hbond substituents is 2. The number of aryl methyl sites for hydroxylation is 2. The first-order valence-electron chi connectivity index (χ1n) is 22.9. The number of anilines is 1. The van der Waals surface area contributed by atoms with Gasteiger partial charge in [0.2, 0.25) is 0 Å². The molecule has 4 atom stereocenters. The Morgan fingerprint density at radius 3 is 2.46 bits per heavy atom. The highest BCUT2D eigenvalue weighted by Gasteiger charge is 2.42. The Morgan fingerprint density at radius 2 is 1.62 bits per heavy atom. The van der Waals surface area contributed by atoms with Crippen molar-refractivity contribution in [1.29, 1.82) is 0 Å². The van der Waals surface area contributed by atoms with Gasteiger partial charge in [0.05, 0.1) is 12.0 Å². The molecular formula is C53H59N3O7. The fourth-order valence-corrected chi connectivity index (χ4v) is 10.7. The zero-order valence-electron chi connectivity index (χ0n) is 35.9. The number of ether oxygens (including phenoxy) is 1. The quantitative estimate of drug-likeness (QED) is 0.0761. The first kappa shape index (κ1) is 42.5. The van der Waals surface area contributed by atoms with Gasteiger partial charge in [-0.05, 0) is 145 Å². The standard InChI is InChI=1S/C53H59N3O7/c57-22-18-35-12-9-33-24-38(35)29-37-16-20-55-53(37)56-31-40-30-46-43(17-21-54-46)45(27-32-8-13-36-4-3-7-47(59)42(36)14-10-32)50(40)52(62)44(19-23-58)48(60)15-11-34-26-39(25-33)51(61)49(28-34)63-41-5-1-2-6-41/h3-4,7,9-10,12,14,16-17,20-21,24,26,28,30,32,41,44-45,50,54-59,61H,1-2,5-6,8,11,13,15,18-19,22-23,25,27,29,31H2. The lowest BCUT2D eigenvalue weighted by atomic mass is 9.67. The van der Waals surface area contributed by atoms with Crippen LogP contribution in [0.5, 0.6) is 17.2 Å². The third-order valence-corrected chi connectivity index (χ3v) is 14.0. The number of phenols is 2. The molecular weight excluding hydrogens is 791 g/mol. The molecule has 7 N–H and O–H groups in total. The Hall–Kier alpha value is -5.84. The Morgan fingerprint density at radius 1 is 0.778 bits per heavy atom. The van der Waals surface area contributed by atoms with E-state index in [0.717, 1.165) is 100 Å². The molecule has 10 nitrogen and oxygen atoms in total. The molecule has 0 saturated heterocycles. The number of aromatic amines is 2. The number of Topliss-reactive ketones (excluding diaryl/α,β-unsaturated/α-hetero) is 2. The molecule has 3 heterocycles. The molecule has 63 heavy (non-hydrogen) atoms. The molecule has 0 spiro atoms. The summed E-state index contributed by atoms with van der Waals surface area (Å²) < 4.78 is 6.45. The highest BCUT2D eigenvalue weighted by molar-refractivity contribution is 6.05. The van der Waals surface area contributed by atoms with Gasteiger partial charge in [-0.1, -0.05) is 48.6 Å². The van der Waals surface area contributed by atoms with Crippen LogP contribution in [-0.2, 0) is 41.7 Å². The summed E-state index contributed by atoms with van der Waals surface area (Å²) in [6.07, 6.45) is 18.4. The number of allylic oxidation sites excluding steroid dienone is 1. The van der Waals surface area contributed by atoms with Crippen LogP contribution in [0.3, 0.4) is 0 Å². The number of carbonyl (C=O) groups excluding carboxylic acids is 2. The minimum absolute atomic E-state index is 0.0115. The van der Waals surface area contributed by atoms with Crippen molar-refractivity contribution in [3.63, 3.8) is 0 Å². The van der Waals surface area contributed by atoms with E-state index in [4.69, 9.17) is 4.74 Å². The SMILES string of the molecule is O=C1CCc2cc(c(O)c(OC3CCCC3)c2)Cc2ccc(CCO)c(c2)Cc2cc[nH]c2NCC2=Cc3[nH]ccc3C(CC3C=Cc4c(O)cccc4CC3)C2C(=O)C1CCO. The number of aliphatic hydroxyl groups is 2. The lowest BCUT2D eigenvalue weighted by Gasteiger charge is -2.36. The number of ketones is 2. The third kappa shape index (κ3) is 9.15. The normalized spacial score (nSPS) is 21.7. The smallest absolute Gasteiger partial charge is 0.161 e. The largest absolute Gasteiger partial charge is 0.507 e. The Balaban J connectivity index is 1.11. The lowest BCUT2D eigenvalue weighted by molar-refractivity contribution is -0.135. The van der Waals surface area contributed by atoms with Crippen LogP contribution in [0.1, 0.15) is 113 Å². The highest BCUT2D eigenvalue weighted by Crippen LogP contribution is 2.46. The fourth-order valence-electron chi connectivity index (χ4n) is 10.7. The van der Waals surface area contributed by atoms with Crippen molar-refractivity contribution in [2.75, 3.05) is 25.1 Å². The zero-order chi connectivity index (χ0) is 43.5. The van der Waals surface area contributed by atoms with E-state index in [1.807, 2.05) is 36.7 Å². The van der Waals surface area contributed by atoms with Crippen LogP contribution in [0.4, 0.5) is 5.82 Å². The average molecular weight is 850 g/mol. The number of aromatic nitrogens is 2. The fraction of sp³-hybridized carbons (Fsp3) is 0.396. The van der Waals surface area contributed by atoms with Gasteiger partial charge >= 0.3 is 0 Å². The Labute approximate surface area is 369 Å². The summed E-state index contributed by atoms with van der Waals surface area (Å²) in [5.74, 6) is -0.605. The summed E-state index contributed by atoms with van der Waals surface area (Å²) in [5, 5.41) is 46.6. The summed E-state index contributed by atoms with van der Waals surface area (Å²) in [6, 6.07) is 19.9. The van der Waals surface area contributed by atoms with E-state index >= 15 is 4.79 Å². The van der Waals surface area contributed by atoms with Crippen molar-refractivity contribution in [1.82, 2.24) is 9.97 Å². The monoisotopic (exact) mass is 849 g/mol. The molecule has 4 aliphatic rings. The van der Waals surface area contributed by atoms with Crippen LogP contribution in [0.2, 0.25) is 0 Å². The summed E-state index contributed by atoms with van der Waals surface area (Å²) in [4.78, 5) is 36.8. The van der Waals surface area contributed by atoms with Crippen LogP contribution in [0, 0.1) is 17.8 Å². The number of benzene rings is 3. The van der Waals surface area contributed by atoms with Gasteiger partial charge in [-0.2, -0.15) is 0 Å². The molecule has 3 aromatic carbocycles. The number of hydrogen-bond acceptors (Lipinski definition) is 8. The maximum atomic E-state index is 15.4. The molecule has 2 aromatic heterocycles. The van der Waals surface area contributed by atoms with Crippen molar-refractivity contribution >= 4 is 29.5 Å². The number of aromatic hydroxyl groups is 2. The van der Waals surface area contributed by atoms with E-state index in [0.29, 0.717) is 50.0 Å². The molecule has 0 radical (unpaired) electrons. The van der Waals surface area contributed by atoms with Gasteiger partial charge in [0, 0.05) is 80.1 Å². The Kier molecular flexibility index (Phi) is 12.7. The zero-order valence-corrected chi connectivity index (χ0v) is 35.9. The molecule has 3 aliphatic carbocycles.